The maximum Gasteiger partial charge on any atom is 0.0967 e. The lowest BCUT2D eigenvalue weighted by Crippen LogP contribution is -2.45. The smallest absolute Gasteiger partial charge is 0.0967 e. The number of rotatable bonds is 7. The average Bonchev–Trinajstić information content (AvgIpc) is 3.19. The number of piperazine rings is 1. The van der Waals surface area contributed by atoms with E-state index in [-0.39, 0.29) is 0 Å². The van der Waals surface area contributed by atoms with Crippen LogP contribution in [0.2, 0.25) is 0 Å². The van der Waals surface area contributed by atoms with Crippen molar-refractivity contribution in [2.24, 2.45) is 0 Å². The summed E-state index contributed by atoms with van der Waals surface area (Å²) in [6.07, 6.45) is 5.20. The van der Waals surface area contributed by atoms with Gasteiger partial charge in [-0.25, -0.2) is 0 Å². The van der Waals surface area contributed by atoms with Crippen LogP contribution in [-0.4, -0.2) is 66.0 Å². The molecule has 0 N–H and O–H groups in total. The molecule has 0 aliphatic carbocycles. The standard InChI is InChI=1S/C15H26N8/c1-3-5-23-13-15(17-19-23)11-21-8-6-20(7-9-21)10-14-12-22(4-2)18-16-14/h12-13H,3-11H2,1-2H3. The Bertz CT molecular complexity index is 596. The Labute approximate surface area is 137 Å². The van der Waals surface area contributed by atoms with E-state index < -0.39 is 0 Å². The summed E-state index contributed by atoms with van der Waals surface area (Å²) in [5.41, 5.74) is 2.13. The second kappa shape index (κ2) is 7.65. The first-order valence-corrected chi connectivity index (χ1v) is 8.49. The van der Waals surface area contributed by atoms with Crippen LogP contribution in [0.1, 0.15) is 31.7 Å². The number of hydrogen-bond acceptors (Lipinski definition) is 6. The van der Waals surface area contributed by atoms with E-state index in [9.17, 15) is 0 Å². The van der Waals surface area contributed by atoms with Crippen LogP contribution in [0.3, 0.4) is 0 Å². The molecular formula is C15H26N8. The van der Waals surface area contributed by atoms with E-state index in [0.717, 1.165) is 70.2 Å². The van der Waals surface area contributed by atoms with E-state index >= 15 is 0 Å². The van der Waals surface area contributed by atoms with Gasteiger partial charge in [-0.3, -0.25) is 19.2 Å². The Morgan fingerprint density at radius 1 is 0.826 bits per heavy atom. The van der Waals surface area contributed by atoms with Gasteiger partial charge in [-0.2, -0.15) is 0 Å². The molecule has 0 spiro atoms. The van der Waals surface area contributed by atoms with Crippen LogP contribution in [0.5, 0.6) is 0 Å². The quantitative estimate of drug-likeness (QED) is 0.745. The third kappa shape index (κ3) is 4.35. The number of aromatic nitrogens is 6. The molecule has 3 heterocycles. The van der Waals surface area contributed by atoms with Crippen LogP contribution in [0.15, 0.2) is 12.4 Å². The summed E-state index contributed by atoms with van der Waals surface area (Å²) in [6.45, 7) is 12.1. The number of nitrogens with zero attached hydrogens (tertiary/aromatic N) is 8. The third-order valence-corrected chi connectivity index (χ3v) is 4.19. The molecule has 1 aliphatic heterocycles. The largest absolute Gasteiger partial charge is 0.295 e. The van der Waals surface area contributed by atoms with Gasteiger partial charge >= 0.3 is 0 Å². The zero-order valence-corrected chi connectivity index (χ0v) is 14.1. The van der Waals surface area contributed by atoms with E-state index in [1.165, 1.54) is 0 Å². The van der Waals surface area contributed by atoms with Crippen LogP contribution in [0, 0.1) is 0 Å². The normalized spacial score (nSPS) is 17.0. The minimum atomic E-state index is 0.874. The first-order chi connectivity index (χ1) is 11.3. The molecule has 1 aliphatic rings. The predicted molar refractivity (Wildman–Crippen MR) is 86.6 cm³/mol. The van der Waals surface area contributed by atoms with Gasteiger partial charge in [0, 0.05) is 64.8 Å². The molecule has 0 saturated carbocycles. The molecule has 0 unspecified atom stereocenters. The summed E-state index contributed by atoms with van der Waals surface area (Å²) >= 11 is 0. The highest BCUT2D eigenvalue weighted by atomic mass is 15.4. The van der Waals surface area contributed by atoms with Crippen molar-refractivity contribution in [2.75, 3.05) is 26.2 Å². The first-order valence-electron chi connectivity index (χ1n) is 8.49. The summed E-state index contributed by atoms with van der Waals surface area (Å²) < 4.78 is 3.81. The number of hydrogen-bond donors (Lipinski definition) is 0. The molecule has 0 amide bonds. The van der Waals surface area contributed by atoms with E-state index in [1.54, 1.807) is 0 Å². The minimum Gasteiger partial charge on any atom is -0.295 e. The molecule has 2 aromatic rings. The van der Waals surface area contributed by atoms with Crippen LogP contribution in [0.4, 0.5) is 0 Å². The highest BCUT2D eigenvalue weighted by Gasteiger charge is 2.19. The zero-order valence-electron chi connectivity index (χ0n) is 14.1. The minimum absolute atomic E-state index is 0.874. The van der Waals surface area contributed by atoms with E-state index in [0.29, 0.717) is 0 Å². The van der Waals surface area contributed by atoms with Gasteiger partial charge in [-0.15, -0.1) is 10.2 Å². The maximum absolute atomic E-state index is 4.26. The molecule has 23 heavy (non-hydrogen) atoms. The summed E-state index contributed by atoms with van der Waals surface area (Å²) in [7, 11) is 0. The molecule has 126 valence electrons. The average molecular weight is 318 g/mol. The van der Waals surface area contributed by atoms with Gasteiger partial charge in [-0.1, -0.05) is 17.4 Å². The Balaban J connectivity index is 1.44. The van der Waals surface area contributed by atoms with Gasteiger partial charge in [0.2, 0.25) is 0 Å². The lowest BCUT2D eigenvalue weighted by atomic mass is 10.3. The molecule has 3 rings (SSSR count). The summed E-state index contributed by atoms with van der Waals surface area (Å²) in [5.74, 6) is 0. The van der Waals surface area contributed by atoms with Crippen molar-refractivity contribution in [3.8, 4) is 0 Å². The molecule has 0 bridgehead atoms. The van der Waals surface area contributed by atoms with Crippen LogP contribution < -0.4 is 0 Å². The van der Waals surface area contributed by atoms with Crippen LogP contribution >= 0.6 is 0 Å². The monoisotopic (exact) mass is 318 g/mol. The Morgan fingerprint density at radius 3 is 1.83 bits per heavy atom. The van der Waals surface area contributed by atoms with Crippen molar-refractivity contribution in [3.05, 3.63) is 23.8 Å². The van der Waals surface area contributed by atoms with Gasteiger partial charge in [-0.05, 0) is 13.3 Å². The molecule has 8 heteroatoms. The fourth-order valence-corrected chi connectivity index (χ4v) is 2.88. The van der Waals surface area contributed by atoms with Crippen molar-refractivity contribution in [3.63, 3.8) is 0 Å². The van der Waals surface area contributed by atoms with Crippen LogP contribution in [-0.2, 0) is 26.2 Å². The van der Waals surface area contributed by atoms with Gasteiger partial charge in [0.1, 0.15) is 0 Å². The topological polar surface area (TPSA) is 67.9 Å². The Kier molecular flexibility index (Phi) is 5.35. The Morgan fingerprint density at radius 2 is 1.35 bits per heavy atom. The second-order valence-corrected chi connectivity index (χ2v) is 6.09. The van der Waals surface area contributed by atoms with E-state index in [2.05, 4.69) is 50.5 Å². The van der Waals surface area contributed by atoms with Gasteiger partial charge in [0.05, 0.1) is 11.4 Å². The SMILES string of the molecule is CCCn1cc(CN2CCN(Cc3cn(CC)nn3)CC2)nn1. The molecule has 0 aromatic carbocycles. The third-order valence-electron chi connectivity index (χ3n) is 4.19. The summed E-state index contributed by atoms with van der Waals surface area (Å²) in [6, 6.07) is 0. The molecular weight excluding hydrogens is 292 g/mol. The first kappa shape index (κ1) is 16.1. The zero-order chi connectivity index (χ0) is 16.1. The van der Waals surface area contributed by atoms with E-state index in [4.69, 9.17) is 0 Å². The molecule has 0 atom stereocenters. The highest BCUT2D eigenvalue weighted by Crippen LogP contribution is 2.09. The van der Waals surface area contributed by atoms with Crippen LogP contribution in [0.25, 0.3) is 0 Å². The van der Waals surface area contributed by atoms with Crippen molar-refractivity contribution < 1.29 is 0 Å². The maximum atomic E-state index is 4.26. The lowest BCUT2D eigenvalue weighted by Gasteiger charge is -2.33. The fourth-order valence-electron chi connectivity index (χ4n) is 2.88. The molecule has 1 fully saturated rings. The van der Waals surface area contributed by atoms with Crippen molar-refractivity contribution in [1.82, 2.24) is 39.8 Å². The molecule has 0 radical (unpaired) electrons. The summed E-state index contributed by atoms with van der Waals surface area (Å²) in [4.78, 5) is 4.88. The Hall–Kier alpha value is -1.80. The van der Waals surface area contributed by atoms with Crippen molar-refractivity contribution in [2.45, 2.75) is 46.4 Å². The number of aryl methyl sites for hydroxylation is 2. The second-order valence-electron chi connectivity index (χ2n) is 6.09. The highest BCUT2D eigenvalue weighted by molar-refractivity contribution is 4.95. The van der Waals surface area contributed by atoms with Gasteiger partial charge < -0.3 is 0 Å². The predicted octanol–water partition coefficient (Wildman–Crippen LogP) is 0.617. The van der Waals surface area contributed by atoms with Crippen molar-refractivity contribution >= 4 is 0 Å². The molecule has 8 nitrogen and oxygen atoms in total. The van der Waals surface area contributed by atoms with Gasteiger partial charge in [0.15, 0.2) is 0 Å². The van der Waals surface area contributed by atoms with Gasteiger partial charge in [0.25, 0.3) is 0 Å². The van der Waals surface area contributed by atoms with Crippen molar-refractivity contribution in [1.29, 1.82) is 0 Å². The van der Waals surface area contributed by atoms with E-state index in [1.807, 2.05) is 15.6 Å². The summed E-state index contributed by atoms with van der Waals surface area (Å²) in [5, 5.41) is 16.8. The lowest BCUT2D eigenvalue weighted by molar-refractivity contribution is 0.120. The molecule has 2 aromatic heterocycles. The fraction of sp³-hybridized carbons (Fsp3) is 0.733. The molecule has 1 saturated heterocycles.